The molecule has 0 amide bonds. The molecule has 0 aliphatic heterocycles. The molecule has 0 saturated heterocycles. The minimum atomic E-state index is -2.89. The van der Waals surface area contributed by atoms with Crippen molar-refractivity contribution in [1.82, 2.24) is 13.7 Å². The number of hydrogen-bond acceptors (Lipinski definition) is 0. The molecule has 0 N–H and O–H groups in total. The second-order valence-corrected chi connectivity index (χ2v) is 23.8. The second-order valence-electron chi connectivity index (χ2n) is 20.0. The van der Waals surface area contributed by atoms with E-state index in [-0.39, 0.29) is 0 Å². The SMILES string of the molecule is c1ccc(-c2ccc3c(c2)c2cc(-c4ccccc4)ccc2n3-c2ccc3c(c2)c2cc([Si](c4ccccc4)(c4ccccc4)c4ccccc4)ccc2n3-c2ccc3c(c2)c2ccccc2n3-c2ccccc2)cc1. The van der Waals surface area contributed by atoms with E-state index in [1.807, 2.05) is 0 Å². The normalized spacial score (nSPS) is 11.9. The molecule has 0 atom stereocenters. The topological polar surface area (TPSA) is 14.8 Å². The first-order chi connectivity index (χ1) is 37.7. The molecule has 15 rings (SSSR count). The van der Waals surface area contributed by atoms with Gasteiger partial charge in [0.05, 0.1) is 33.1 Å². The van der Waals surface area contributed by atoms with Gasteiger partial charge in [0, 0.05) is 49.4 Å². The van der Waals surface area contributed by atoms with Gasteiger partial charge in [0.25, 0.3) is 0 Å². The Labute approximate surface area is 442 Å². The zero-order valence-corrected chi connectivity index (χ0v) is 42.6. The fourth-order valence-corrected chi connectivity index (χ4v) is 17.4. The summed E-state index contributed by atoms with van der Waals surface area (Å²) < 4.78 is 7.40. The molecule has 3 heterocycles. The van der Waals surface area contributed by atoms with Crippen LogP contribution in [0.2, 0.25) is 0 Å². The van der Waals surface area contributed by atoms with Gasteiger partial charge in [-0.3, -0.25) is 0 Å². The van der Waals surface area contributed by atoms with Crippen LogP contribution in [0.25, 0.3) is 105 Å². The molecule has 0 spiro atoms. The van der Waals surface area contributed by atoms with Crippen molar-refractivity contribution >= 4 is 94.2 Å². The summed E-state index contributed by atoms with van der Waals surface area (Å²) in [7, 11) is -2.89. The maximum atomic E-state index is 2.56. The van der Waals surface area contributed by atoms with E-state index < -0.39 is 8.07 Å². The molecule has 3 nitrogen and oxygen atoms in total. The number of hydrogen-bond donors (Lipinski definition) is 0. The number of aromatic nitrogens is 3. The van der Waals surface area contributed by atoms with Crippen molar-refractivity contribution in [2.75, 3.05) is 0 Å². The van der Waals surface area contributed by atoms with E-state index in [4.69, 9.17) is 0 Å². The van der Waals surface area contributed by atoms with Crippen LogP contribution in [0.4, 0.5) is 0 Å². The van der Waals surface area contributed by atoms with E-state index in [0.717, 1.165) is 22.6 Å². The van der Waals surface area contributed by atoms with Gasteiger partial charge in [0.1, 0.15) is 0 Å². The third kappa shape index (κ3) is 6.81. The molecule has 12 aromatic carbocycles. The molecule has 0 unspecified atom stereocenters. The number of nitrogens with zero attached hydrogens (tertiary/aromatic N) is 3. The second kappa shape index (κ2) is 17.7. The molecular weight excluding hydrogens is 935 g/mol. The summed E-state index contributed by atoms with van der Waals surface area (Å²) in [6.07, 6.45) is 0. The predicted octanol–water partition coefficient (Wildman–Crippen LogP) is 15.7. The summed E-state index contributed by atoms with van der Waals surface area (Å²) in [5, 5.41) is 12.7. The molecule has 3 aromatic heterocycles. The summed E-state index contributed by atoms with van der Waals surface area (Å²) in [6.45, 7) is 0. The Balaban J connectivity index is 1.02. The smallest absolute Gasteiger partial charge is 0.179 e. The average molecular weight is 984 g/mol. The van der Waals surface area contributed by atoms with Gasteiger partial charge in [-0.15, -0.1) is 0 Å². The van der Waals surface area contributed by atoms with Crippen molar-refractivity contribution in [2.45, 2.75) is 0 Å². The lowest BCUT2D eigenvalue weighted by Crippen LogP contribution is -2.74. The van der Waals surface area contributed by atoms with Gasteiger partial charge in [-0.25, -0.2) is 0 Å². The van der Waals surface area contributed by atoms with Crippen molar-refractivity contribution < 1.29 is 0 Å². The largest absolute Gasteiger partial charge is 0.309 e. The lowest BCUT2D eigenvalue weighted by atomic mass is 10.0. The number of para-hydroxylation sites is 2. The lowest BCUT2D eigenvalue weighted by molar-refractivity contribution is 1.16. The van der Waals surface area contributed by atoms with E-state index in [1.165, 1.54) is 103 Å². The molecule has 0 aliphatic carbocycles. The minimum absolute atomic E-state index is 1.12. The minimum Gasteiger partial charge on any atom is -0.309 e. The monoisotopic (exact) mass is 983 g/mol. The van der Waals surface area contributed by atoms with Crippen molar-refractivity contribution in [1.29, 1.82) is 0 Å². The van der Waals surface area contributed by atoms with E-state index in [1.54, 1.807) is 0 Å². The number of fused-ring (bicyclic) bond motifs is 9. The van der Waals surface area contributed by atoms with Gasteiger partial charge < -0.3 is 13.7 Å². The standard InChI is InChI=1S/C72H49N3Si/c1-7-21-50(22-8-1)52-35-40-68-62(45-52)63-46-53(51-23-9-2-10-24-51)36-41-69(63)74(68)56-38-43-71-65(48-56)66-49-60(76(57-27-13-4-14-28-57,58-29-15-5-16-30-58)59-31-17-6-18-32-59)39-44-72(66)75(71)55-37-42-70-64(47-55)61-33-19-20-34-67(61)73(70)54-25-11-3-12-26-54/h1-49H. The van der Waals surface area contributed by atoms with Crippen LogP contribution in [0.1, 0.15) is 0 Å². The Morgan fingerprint density at radius 2 is 0.513 bits per heavy atom. The van der Waals surface area contributed by atoms with Crippen LogP contribution in [0, 0.1) is 0 Å². The summed E-state index contributed by atoms with van der Waals surface area (Å²) in [5.41, 5.74) is 15.3. The maximum absolute atomic E-state index is 2.89. The summed E-state index contributed by atoms with van der Waals surface area (Å²) in [4.78, 5) is 0. The number of benzene rings is 12. The molecule has 76 heavy (non-hydrogen) atoms. The van der Waals surface area contributed by atoms with E-state index in [0.29, 0.717) is 0 Å². The summed E-state index contributed by atoms with van der Waals surface area (Å²) in [6, 6.07) is 111. The van der Waals surface area contributed by atoms with Crippen LogP contribution < -0.4 is 20.7 Å². The molecule has 0 fully saturated rings. The van der Waals surface area contributed by atoms with Gasteiger partial charge in [-0.05, 0) is 128 Å². The highest BCUT2D eigenvalue weighted by atomic mass is 28.3. The first-order valence-corrected chi connectivity index (χ1v) is 28.2. The quantitative estimate of drug-likeness (QED) is 0.101. The van der Waals surface area contributed by atoms with Crippen LogP contribution in [0.5, 0.6) is 0 Å². The fraction of sp³-hybridized carbons (Fsp3) is 0. The zero-order valence-electron chi connectivity index (χ0n) is 41.6. The Bertz CT molecular complexity index is 4460. The van der Waals surface area contributed by atoms with Crippen molar-refractivity contribution in [2.24, 2.45) is 0 Å². The summed E-state index contributed by atoms with van der Waals surface area (Å²) >= 11 is 0. The van der Waals surface area contributed by atoms with Crippen LogP contribution >= 0.6 is 0 Å². The Morgan fingerprint density at radius 3 is 0.987 bits per heavy atom. The molecular formula is C72H49N3Si. The van der Waals surface area contributed by atoms with Crippen LogP contribution in [0.15, 0.2) is 297 Å². The van der Waals surface area contributed by atoms with E-state index in [9.17, 15) is 0 Å². The first kappa shape index (κ1) is 43.8. The maximum Gasteiger partial charge on any atom is 0.179 e. The van der Waals surface area contributed by atoms with Gasteiger partial charge >= 0.3 is 0 Å². The molecule has 356 valence electrons. The molecule has 0 bridgehead atoms. The Morgan fingerprint density at radius 1 is 0.184 bits per heavy atom. The third-order valence-corrected chi connectivity index (χ3v) is 20.7. The van der Waals surface area contributed by atoms with Crippen LogP contribution in [0.3, 0.4) is 0 Å². The van der Waals surface area contributed by atoms with Crippen molar-refractivity contribution in [3.8, 4) is 39.3 Å². The highest BCUT2D eigenvalue weighted by Crippen LogP contribution is 2.41. The lowest BCUT2D eigenvalue weighted by Gasteiger charge is -2.34. The number of rotatable bonds is 9. The van der Waals surface area contributed by atoms with Crippen LogP contribution in [-0.2, 0) is 0 Å². The van der Waals surface area contributed by atoms with Crippen molar-refractivity contribution in [3.05, 3.63) is 297 Å². The summed E-state index contributed by atoms with van der Waals surface area (Å²) in [5.74, 6) is 0. The highest BCUT2D eigenvalue weighted by molar-refractivity contribution is 7.20. The zero-order chi connectivity index (χ0) is 50.2. The van der Waals surface area contributed by atoms with E-state index in [2.05, 4.69) is 311 Å². The molecule has 15 aromatic rings. The van der Waals surface area contributed by atoms with E-state index >= 15 is 0 Å². The first-order valence-electron chi connectivity index (χ1n) is 26.2. The molecule has 0 radical (unpaired) electrons. The Hall–Kier alpha value is -9.74. The fourth-order valence-electron chi connectivity index (χ4n) is 12.6. The predicted molar refractivity (Wildman–Crippen MR) is 324 cm³/mol. The average Bonchev–Trinajstić information content (AvgIpc) is 4.13. The molecule has 0 aliphatic rings. The van der Waals surface area contributed by atoms with Crippen LogP contribution in [-0.4, -0.2) is 21.8 Å². The van der Waals surface area contributed by atoms with Gasteiger partial charge in [-0.2, -0.15) is 0 Å². The Kier molecular flexibility index (Phi) is 10.2. The third-order valence-electron chi connectivity index (χ3n) is 16.0. The molecule has 4 heteroatoms. The molecule has 0 saturated carbocycles. The van der Waals surface area contributed by atoms with Crippen molar-refractivity contribution in [3.63, 3.8) is 0 Å². The van der Waals surface area contributed by atoms with Gasteiger partial charge in [-0.1, -0.05) is 212 Å². The highest BCUT2D eigenvalue weighted by Gasteiger charge is 2.41. The van der Waals surface area contributed by atoms with Gasteiger partial charge in [0.15, 0.2) is 8.07 Å². The van der Waals surface area contributed by atoms with Gasteiger partial charge in [0.2, 0.25) is 0 Å².